The topological polar surface area (TPSA) is 137 Å². The normalized spacial score (nSPS) is 25.3. The van der Waals surface area contributed by atoms with Crippen LogP contribution in [0, 0.1) is 10.8 Å². The summed E-state index contributed by atoms with van der Waals surface area (Å²) in [7, 11) is 0. The minimum absolute atomic E-state index is 0.0699. The highest BCUT2D eigenvalue weighted by molar-refractivity contribution is 6.31. The van der Waals surface area contributed by atoms with Crippen molar-refractivity contribution in [3.8, 4) is 0 Å². The van der Waals surface area contributed by atoms with Crippen LogP contribution in [0.1, 0.15) is 101 Å². The molecule has 232 valence electrons. The number of allylic oxidation sites excluding steroid dienone is 8. The van der Waals surface area contributed by atoms with Gasteiger partial charge in [-0.05, 0) is 110 Å². The molecule has 0 radical (unpaired) electrons. The molecule has 0 bridgehead atoms. The molecule has 4 N–H and O–H groups in total. The summed E-state index contributed by atoms with van der Waals surface area (Å²) in [6, 6.07) is 0. The molecule has 0 aromatic rings. The van der Waals surface area contributed by atoms with Crippen LogP contribution in [0.4, 0.5) is 0 Å². The minimum Gasteiger partial charge on any atom is -0.447 e. The summed E-state index contributed by atoms with van der Waals surface area (Å²) >= 11 is 0. The number of esters is 2. The van der Waals surface area contributed by atoms with Crippen molar-refractivity contribution >= 4 is 23.8 Å². The highest BCUT2D eigenvalue weighted by atomic mass is 16.7. The van der Waals surface area contributed by atoms with Crippen LogP contribution < -0.4 is 16.4 Å². The lowest BCUT2D eigenvalue weighted by atomic mass is 9.75. The van der Waals surface area contributed by atoms with Gasteiger partial charge in [0.1, 0.15) is 0 Å². The van der Waals surface area contributed by atoms with Crippen LogP contribution >= 0.6 is 0 Å². The predicted molar refractivity (Wildman–Crippen MR) is 162 cm³/mol. The van der Waals surface area contributed by atoms with Crippen LogP contribution in [0.15, 0.2) is 44.6 Å². The maximum Gasteiger partial charge on any atom is 0.420 e. The lowest BCUT2D eigenvalue weighted by Gasteiger charge is -2.41. The molecule has 1 fully saturated rings. The van der Waals surface area contributed by atoms with E-state index in [9.17, 15) is 19.2 Å². The Balaban J connectivity index is 1.85. The van der Waals surface area contributed by atoms with Crippen molar-refractivity contribution in [1.82, 2.24) is 10.6 Å². The molecule has 0 saturated carbocycles. The summed E-state index contributed by atoms with van der Waals surface area (Å²) in [5.74, 6) is -3.74. The molecule has 2 atom stereocenters. The highest BCUT2D eigenvalue weighted by Gasteiger charge is 2.57. The van der Waals surface area contributed by atoms with E-state index in [0.717, 1.165) is 0 Å². The van der Waals surface area contributed by atoms with Crippen molar-refractivity contribution in [1.29, 1.82) is 0 Å². The molecular weight excluding hydrogens is 534 g/mol. The lowest BCUT2D eigenvalue weighted by molar-refractivity contribution is -0.220. The summed E-state index contributed by atoms with van der Waals surface area (Å²) in [4.78, 5) is 52.1. The molecule has 0 aromatic heterocycles. The first-order valence-corrected chi connectivity index (χ1v) is 14.9. The fraction of sp³-hybridized carbons (Fsp3) is 0.636. The summed E-state index contributed by atoms with van der Waals surface area (Å²) < 4.78 is 10.9. The van der Waals surface area contributed by atoms with Gasteiger partial charge in [-0.2, -0.15) is 0 Å². The smallest absolute Gasteiger partial charge is 0.420 e. The molecule has 0 aromatic carbocycles. The van der Waals surface area contributed by atoms with E-state index in [2.05, 4.69) is 79.9 Å². The molecule has 0 spiro atoms. The number of rotatable bonds is 11. The van der Waals surface area contributed by atoms with Gasteiger partial charge in [0.25, 0.3) is 5.91 Å². The number of ether oxygens (including phenoxy) is 2. The van der Waals surface area contributed by atoms with Crippen LogP contribution in [0.3, 0.4) is 0 Å². The average Bonchev–Trinajstić information content (AvgIpc) is 3.19. The Labute approximate surface area is 250 Å². The number of hydrogen-bond donors (Lipinski definition) is 3. The van der Waals surface area contributed by atoms with E-state index in [-0.39, 0.29) is 36.8 Å². The van der Waals surface area contributed by atoms with E-state index in [1.54, 1.807) is 0 Å². The van der Waals surface area contributed by atoms with Gasteiger partial charge < -0.3 is 25.8 Å². The zero-order valence-electron chi connectivity index (χ0n) is 27.1. The molecule has 2 amide bonds. The summed E-state index contributed by atoms with van der Waals surface area (Å²) in [6.45, 7) is 21.5. The number of nitrogens with one attached hydrogen (secondary N) is 2. The average molecular weight is 584 g/mol. The Bertz CT molecular complexity index is 1270. The highest BCUT2D eigenvalue weighted by Crippen LogP contribution is 2.50. The molecule has 3 rings (SSSR count). The van der Waals surface area contributed by atoms with E-state index in [4.69, 9.17) is 15.2 Å². The van der Waals surface area contributed by atoms with Crippen LogP contribution in [0.25, 0.3) is 0 Å². The zero-order valence-corrected chi connectivity index (χ0v) is 27.1. The van der Waals surface area contributed by atoms with E-state index < -0.39 is 35.6 Å². The largest absolute Gasteiger partial charge is 0.447 e. The van der Waals surface area contributed by atoms with Gasteiger partial charge in [-0.15, -0.1) is 0 Å². The molecule has 9 nitrogen and oxygen atoms in total. The number of hydrogen-bond acceptors (Lipinski definition) is 7. The second-order valence-electron chi connectivity index (χ2n) is 12.7. The summed E-state index contributed by atoms with van der Waals surface area (Å²) in [5.41, 5.74) is 12.8. The Hall–Kier alpha value is -3.20. The standard InChI is InChI=1S/C33H49N3O6/c1-18-19(2)23(6)31(9,22(18)5)14-13-27(37)36-33(26(12-11-16-34)41-28(38)29(39)42-33)30(40)35-17-15-32(10)24(7)20(3)21(4)25(32)8/h26H,11-17,34H2,1-10H3,(H,35,40)(H,36,37)/t26?,33-/m0/s1. The number of amides is 2. The van der Waals surface area contributed by atoms with Crippen LogP contribution in [0.5, 0.6) is 0 Å². The van der Waals surface area contributed by atoms with E-state index in [1.165, 1.54) is 44.6 Å². The summed E-state index contributed by atoms with van der Waals surface area (Å²) in [6.07, 6.45) is 0.460. The van der Waals surface area contributed by atoms with Crippen LogP contribution in [-0.2, 0) is 28.7 Å². The van der Waals surface area contributed by atoms with Gasteiger partial charge in [-0.1, -0.05) is 36.1 Å². The van der Waals surface area contributed by atoms with Gasteiger partial charge in [-0.3, -0.25) is 9.59 Å². The van der Waals surface area contributed by atoms with Gasteiger partial charge in [0.2, 0.25) is 5.91 Å². The van der Waals surface area contributed by atoms with Gasteiger partial charge in [0.05, 0.1) is 0 Å². The van der Waals surface area contributed by atoms with E-state index in [1.807, 2.05) is 0 Å². The lowest BCUT2D eigenvalue weighted by Crippen LogP contribution is -2.71. The third-order valence-electron chi connectivity index (χ3n) is 10.9. The molecule has 9 heteroatoms. The monoisotopic (exact) mass is 583 g/mol. The van der Waals surface area contributed by atoms with Crippen molar-refractivity contribution in [3.05, 3.63) is 44.6 Å². The van der Waals surface area contributed by atoms with Crippen LogP contribution in [0.2, 0.25) is 0 Å². The minimum atomic E-state index is -2.20. The van der Waals surface area contributed by atoms with Crippen molar-refractivity contribution in [2.24, 2.45) is 16.6 Å². The fourth-order valence-electron chi connectivity index (χ4n) is 6.72. The summed E-state index contributed by atoms with van der Waals surface area (Å²) in [5, 5.41) is 5.57. The number of carbonyl (C=O) groups excluding carboxylic acids is 4. The zero-order chi connectivity index (χ0) is 31.8. The van der Waals surface area contributed by atoms with Crippen molar-refractivity contribution in [2.45, 2.75) is 113 Å². The first-order valence-electron chi connectivity index (χ1n) is 14.9. The van der Waals surface area contributed by atoms with E-state index in [0.29, 0.717) is 19.3 Å². The molecule has 1 saturated heterocycles. The first-order chi connectivity index (χ1) is 19.5. The van der Waals surface area contributed by atoms with Crippen LogP contribution in [-0.4, -0.2) is 48.7 Å². The van der Waals surface area contributed by atoms with Gasteiger partial charge in [0.15, 0.2) is 6.10 Å². The third-order valence-corrected chi connectivity index (χ3v) is 10.9. The van der Waals surface area contributed by atoms with Crippen molar-refractivity contribution < 1.29 is 28.7 Å². The maximum absolute atomic E-state index is 13.9. The molecule has 1 heterocycles. The maximum atomic E-state index is 13.9. The number of nitrogens with two attached hydrogens (primary N) is 1. The second-order valence-corrected chi connectivity index (χ2v) is 12.7. The van der Waals surface area contributed by atoms with Gasteiger partial charge >= 0.3 is 17.7 Å². The Kier molecular flexibility index (Phi) is 9.67. The Morgan fingerprint density at radius 2 is 1.26 bits per heavy atom. The van der Waals surface area contributed by atoms with E-state index >= 15 is 0 Å². The second kappa shape index (κ2) is 12.2. The Morgan fingerprint density at radius 1 is 0.786 bits per heavy atom. The fourth-order valence-corrected chi connectivity index (χ4v) is 6.72. The molecule has 3 aliphatic rings. The SMILES string of the molecule is CC1=C(C)C(C)(CCNC(=O)[C@@]2(NC(=O)CCC3(C)C(C)=C(C)C(C)=C3C)OC(=O)C(=O)OC2CCCN)C(C)=C1C. The Morgan fingerprint density at radius 3 is 1.74 bits per heavy atom. The molecule has 1 aliphatic heterocycles. The van der Waals surface area contributed by atoms with Gasteiger partial charge in [0, 0.05) is 23.8 Å². The number of carbonyl (C=O) groups is 4. The third kappa shape index (κ3) is 5.60. The van der Waals surface area contributed by atoms with Gasteiger partial charge in [-0.25, -0.2) is 9.59 Å². The first kappa shape index (κ1) is 33.3. The quantitative estimate of drug-likeness (QED) is 0.237. The number of cyclic esters (lactones) is 2. The predicted octanol–water partition coefficient (Wildman–Crippen LogP) is 4.68. The van der Waals surface area contributed by atoms with Crippen molar-refractivity contribution in [2.75, 3.05) is 13.1 Å². The van der Waals surface area contributed by atoms with Crippen molar-refractivity contribution in [3.63, 3.8) is 0 Å². The molecule has 2 aliphatic carbocycles. The molecule has 42 heavy (non-hydrogen) atoms. The molecular formula is C33H49N3O6. The molecule has 1 unspecified atom stereocenters.